The van der Waals surface area contributed by atoms with E-state index in [-0.39, 0.29) is 24.0 Å². The Hall–Kier alpha value is -3.07. The van der Waals surface area contributed by atoms with E-state index >= 15 is 4.79 Å². The zero-order valence-electron chi connectivity index (χ0n) is 36.6. The number of carboxylic acid groups (broad SMARTS) is 3. The number of esters is 1. The molecule has 6 fully saturated rings. The Labute approximate surface area is 359 Å². The van der Waals surface area contributed by atoms with E-state index in [9.17, 15) is 60.0 Å². The minimum Gasteiger partial charge on any atom is -0.481 e. The van der Waals surface area contributed by atoms with Crippen molar-refractivity contribution in [1.82, 2.24) is 0 Å². The second-order valence-corrected chi connectivity index (χ2v) is 21.3. The van der Waals surface area contributed by atoms with Gasteiger partial charge in [0.05, 0.1) is 11.5 Å². The molecule has 18 nitrogen and oxygen atoms in total. The Balaban J connectivity index is 1.19. The fourth-order valence-corrected chi connectivity index (χ4v) is 13.8. The molecule has 8 N–H and O–H groups in total. The Morgan fingerprint density at radius 1 is 0.677 bits per heavy atom. The topological polar surface area (TPSA) is 293 Å². The minimum absolute atomic E-state index is 0.0401. The van der Waals surface area contributed by atoms with Crippen LogP contribution in [0.15, 0.2) is 11.6 Å². The van der Waals surface area contributed by atoms with Crippen LogP contribution in [0.1, 0.15) is 107 Å². The molecule has 18 heteroatoms. The summed E-state index contributed by atoms with van der Waals surface area (Å²) in [6.45, 7) is 15.6. The molecule has 4 saturated carbocycles. The number of aliphatic hydroxyl groups excluding tert-OH is 5. The lowest BCUT2D eigenvalue weighted by Crippen LogP contribution is -2.68. The number of aliphatic carboxylic acids is 3. The van der Waals surface area contributed by atoms with Crippen LogP contribution in [-0.2, 0) is 47.7 Å². The quantitative estimate of drug-likeness (QED) is 0.127. The van der Waals surface area contributed by atoms with Crippen LogP contribution >= 0.6 is 0 Å². The van der Waals surface area contributed by atoms with Gasteiger partial charge >= 0.3 is 23.9 Å². The van der Waals surface area contributed by atoms with Gasteiger partial charge in [0.25, 0.3) is 0 Å². The first-order chi connectivity index (χ1) is 28.6. The molecule has 7 aliphatic rings. The van der Waals surface area contributed by atoms with Gasteiger partial charge in [0.2, 0.25) is 0 Å². The highest BCUT2D eigenvalue weighted by Crippen LogP contribution is 2.75. The normalized spacial score (nSPS) is 51.0. The van der Waals surface area contributed by atoms with Crippen molar-refractivity contribution in [3.8, 4) is 0 Å². The summed E-state index contributed by atoms with van der Waals surface area (Å²) >= 11 is 0. The van der Waals surface area contributed by atoms with Crippen LogP contribution in [0.2, 0.25) is 0 Å². The van der Waals surface area contributed by atoms with E-state index in [0.29, 0.717) is 44.9 Å². The lowest BCUT2D eigenvalue weighted by molar-refractivity contribution is -0.371. The van der Waals surface area contributed by atoms with Crippen molar-refractivity contribution in [2.24, 2.45) is 50.2 Å². The standard InChI is InChI=1S/C44H64O18/c1-18(45)58-24-17-40(4,38(56)57)16-20-19-15-21(46)33-42(6)11-10-23(39(2,3)22(42)9-12-44(33,8)43(19,7)14-13-41(20,24)5)59-37-32(28(50)27(49)31(61-37)35(54)55)62-36-29(51)25(47)26(48)30(60-36)34(52)53/h15,20,22-33,36-37,47-51H,9-14,16-17H2,1-8H3,(H,52,53)(H,54,55)(H,56,57)/t20-,22-,23-,24+,25-,26+,27-,28-,29+,30-,31-,32+,33+,36-,37+,40+,41+,42-,43+,44+/m0/s1. The van der Waals surface area contributed by atoms with Gasteiger partial charge in [-0.05, 0) is 91.4 Å². The van der Waals surface area contributed by atoms with E-state index < -0.39 is 136 Å². The highest BCUT2D eigenvalue weighted by atomic mass is 16.8. The third-order valence-corrected chi connectivity index (χ3v) is 17.6. The van der Waals surface area contributed by atoms with Gasteiger partial charge in [-0.25, -0.2) is 9.59 Å². The number of carbonyl (C=O) groups is 5. The number of ether oxygens (including phenoxy) is 5. The van der Waals surface area contributed by atoms with Crippen molar-refractivity contribution in [1.29, 1.82) is 0 Å². The smallest absolute Gasteiger partial charge is 0.335 e. The predicted molar refractivity (Wildman–Crippen MR) is 210 cm³/mol. The molecule has 0 aromatic rings. The molecule has 0 bridgehead atoms. The fourth-order valence-electron chi connectivity index (χ4n) is 13.8. The average Bonchev–Trinajstić information content (AvgIpc) is 3.16. The number of allylic oxidation sites excluding steroid dienone is 2. The van der Waals surface area contributed by atoms with Crippen LogP contribution in [0.5, 0.6) is 0 Å². The SMILES string of the molecule is CC(=O)O[C@@H]1C[C@](C)(C(=O)O)C[C@H]2C3=CC(=O)[C@@H]4[C@@]5(C)CC[C@H](O[C@@H]6O[C@H](C(=O)O)[C@@H](O)[C@H](O)[C@H]6O[C@@H]6O[C@H](C(=O)O)[C@H](O)[C@H](O)[C@H]6O)C(C)(C)[C@@H]5CC[C@@]4(C)[C@]3(C)CC[C@@]12C. The zero-order chi connectivity index (χ0) is 46.0. The monoisotopic (exact) mass is 880 g/mol. The van der Waals surface area contributed by atoms with Gasteiger partial charge in [-0.1, -0.05) is 47.1 Å². The van der Waals surface area contributed by atoms with Crippen molar-refractivity contribution in [2.75, 3.05) is 0 Å². The number of hydrogen-bond donors (Lipinski definition) is 8. The molecule has 62 heavy (non-hydrogen) atoms. The second kappa shape index (κ2) is 15.5. The average molecular weight is 881 g/mol. The van der Waals surface area contributed by atoms with Gasteiger partial charge in [-0.15, -0.1) is 0 Å². The number of rotatable bonds is 8. The zero-order valence-corrected chi connectivity index (χ0v) is 36.6. The Bertz CT molecular complexity index is 1880. The van der Waals surface area contributed by atoms with Crippen LogP contribution in [-0.4, -0.2) is 144 Å². The van der Waals surface area contributed by atoms with Crippen LogP contribution in [0.4, 0.5) is 0 Å². The summed E-state index contributed by atoms with van der Waals surface area (Å²) in [5, 5.41) is 83.4. The van der Waals surface area contributed by atoms with Crippen molar-refractivity contribution >= 4 is 29.7 Å². The molecule has 0 amide bonds. The number of aliphatic hydroxyl groups is 5. The molecule has 5 aliphatic carbocycles. The number of carbonyl (C=O) groups excluding carboxylic acids is 2. The second-order valence-electron chi connectivity index (χ2n) is 21.3. The van der Waals surface area contributed by atoms with E-state index in [2.05, 4.69) is 27.7 Å². The van der Waals surface area contributed by atoms with Crippen LogP contribution in [0, 0.1) is 50.2 Å². The van der Waals surface area contributed by atoms with Crippen molar-refractivity contribution in [2.45, 2.75) is 180 Å². The van der Waals surface area contributed by atoms with E-state index in [1.807, 2.05) is 13.8 Å². The van der Waals surface area contributed by atoms with Crippen molar-refractivity contribution in [3.05, 3.63) is 11.6 Å². The first kappa shape index (κ1) is 46.9. The number of carboxylic acids is 3. The van der Waals surface area contributed by atoms with Crippen LogP contribution < -0.4 is 0 Å². The summed E-state index contributed by atoms with van der Waals surface area (Å²) in [7, 11) is 0. The lowest BCUT2D eigenvalue weighted by Gasteiger charge is -2.71. The maximum Gasteiger partial charge on any atom is 0.335 e. The van der Waals surface area contributed by atoms with Crippen molar-refractivity contribution in [3.63, 3.8) is 0 Å². The first-order valence-corrected chi connectivity index (χ1v) is 21.7. The van der Waals surface area contributed by atoms with Gasteiger partial charge in [0, 0.05) is 24.7 Å². The maximum absolute atomic E-state index is 15.0. The summed E-state index contributed by atoms with van der Waals surface area (Å²) in [6.07, 6.45) is -15.5. The largest absolute Gasteiger partial charge is 0.481 e. The molecule has 7 rings (SSSR count). The predicted octanol–water partition coefficient (Wildman–Crippen LogP) is 1.79. The molecule has 2 aliphatic heterocycles. The molecular weight excluding hydrogens is 816 g/mol. The molecule has 0 aromatic heterocycles. The number of fused-ring (bicyclic) bond motifs is 7. The summed E-state index contributed by atoms with van der Waals surface area (Å²) in [4.78, 5) is 64.2. The summed E-state index contributed by atoms with van der Waals surface area (Å²) in [6, 6.07) is 0. The third kappa shape index (κ3) is 6.88. The highest BCUT2D eigenvalue weighted by molar-refractivity contribution is 5.95. The van der Waals surface area contributed by atoms with E-state index in [1.54, 1.807) is 13.0 Å². The molecular formula is C44H64O18. The Morgan fingerprint density at radius 3 is 1.85 bits per heavy atom. The minimum atomic E-state index is -2.07. The van der Waals surface area contributed by atoms with Gasteiger partial charge in [-0.2, -0.15) is 0 Å². The number of ketones is 1. The van der Waals surface area contributed by atoms with Gasteiger partial charge in [0.1, 0.15) is 42.7 Å². The van der Waals surface area contributed by atoms with Gasteiger partial charge in [-0.3, -0.25) is 14.4 Å². The first-order valence-electron chi connectivity index (χ1n) is 21.7. The molecule has 0 radical (unpaired) electrons. The molecule has 0 unspecified atom stereocenters. The molecule has 0 aromatic carbocycles. The fraction of sp³-hybridized carbons (Fsp3) is 0.841. The molecule has 0 spiro atoms. The van der Waals surface area contributed by atoms with Crippen LogP contribution in [0.3, 0.4) is 0 Å². The molecule has 2 heterocycles. The lowest BCUT2D eigenvalue weighted by atomic mass is 9.33. The molecule has 348 valence electrons. The molecule has 2 saturated heterocycles. The molecule has 20 atom stereocenters. The van der Waals surface area contributed by atoms with Gasteiger partial charge in [0.15, 0.2) is 30.6 Å². The van der Waals surface area contributed by atoms with E-state index in [1.165, 1.54) is 6.92 Å². The van der Waals surface area contributed by atoms with Crippen LogP contribution in [0.25, 0.3) is 0 Å². The Morgan fingerprint density at radius 2 is 1.27 bits per heavy atom. The summed E-state index contributed by atoms with van der Waals surface area (Å²) in [5.74, 6) is -5.74. The third-order valence-electron chi connectivity index (χ3n) is 17.6. The maximum atomic E-state index is 15.0. The summed E-state index contributed by atoms with van der Waals surface area (Å²) < 4.78 is 29.3. The Kier molecular flexibility index (Phi) is 11.8. The van der Waals surface area contributed by atoms with Gasteiger partial charge < -0.3 is 64.5 Å². The highest BCUT2D eigenvalue weighted by Gasteiger charge is 2.72. The summed E-state index contributed by atoms with van der Waals surface area (Å²) in [5.41, 5.74) is -3.24. The number of hydrogen-bond acceptors (Lipinski definition) is 15. The van der Waals surface area contributed by atoms with Crippen molar-refractivity contribution < 1.29 is 88.5 Å². The van der Waals surface area contributed by atoms with E-state index in [0.717, 1.165) is 5.57 Å². The van der Waals surface area contributed by atoms with E-state index in [4.69, 9.17) is 23.7 Å².